The lowest BCUT2D eigenvalue weighted by Gasteiger charge is -2.23. The highest BCUT2D eigenvalue weighted by molar-refractivity contribution is 5.82. The van der Waals surface area contributed by atoms with Crippen LogP contribution in [0.15, 0.2) is 24.5 Å². The quantitative estimate of drug-likeness (QED) is 0.753. The van der Waals surface area contributed by atoms with E-state index in [1.165, 1.54) is 12.4 Å². The molecule has 1 aromatic rings. The number of pyridine rings is 1. The van der Waals surface area contributed by atoms with Crippen molar-refractivity contribution in [3.05, 3.63) is 30.1 Å². The van der Waals surface area contributed by atoms with Gasteiger partial charge in [0.15, 0.2) is 0 Å². The van der Waals surface area contributed by atoms with Gasteiger partial charge in [0.2, 0.25) is 0 Å². The summed E-state index contributed by atoms with van der Waals surface area (Å²) in [7, 11) is 0. The molecule has 0 saturated heterocycles. The first-order chi connectivity index (χ1) is 9.84. The van der Waals surface area contributed by atoms with Gasteiger partial charge in [-0.05, 0) is 18.6 Å². The third-order valence-corrected chi connectivity index (χ3v) is 2.52. The Kier molecular flexibility index (Phi) is 6.13. The predicted molar refractivity (Wildman–Crippen MR) is 67.0 cm³/mol. The molecule has 0 atom stereocenters. The van der Waals surface area contributed by atoms with E-state index in [9.17, 15) is 22.8 Å². The van der Waals surface area contributed by atoms with Gasteiger partial charge < -0.3 is 9.64 Å². The zero-order valence-electron chi connectivity index (χ0n) is 11.4. The molecule has 5 nitrogen and oxygen atoms in total. The van der Waals surface area contributed by atoms with Gasteiger partial charge in [-0.2, -0.15) is 13.2 Å². The number of hydrogen-bond acceptors (Lipinski definition) is 4. The van der Waals surface area contributed by atoms with Crippen LogP contribution in [0.25, 0.3) is 0 Å². The van der Waals surface area contributed by atoms with E-state index in [1.54, 1.807) is 19.1 Å². The number of esters is 1. The van der Waals surface area contributed by atoms with Gasteiger partial charge in [0.1, 0.15) is 0 Å². The number of carbonyl (C=O) groups excluding carboxylic acids is 2. The molecule has 0 aromatic carbocycles. The summed E-state index contributed by atoms with van der Waals surface area (Å²) < 4.78 is 42.3. The van der Waals surface area contributed by atoms with E-state index >= 15 is 0 Å². The van der Waals surface area contributed by atoms with Gasteiger partial charge in [0.25, 0.3) is 0 Å². The monoisotopic (exact) mass is 304 g/mol. The van der Waals surface area contributed by atoms with Crippen molar-refractivity contribution >= 4 is 11.9 Å². The minimum atomic E-state index is -4.99. The van der Waals surface area contributed by atoms with Crippen molar-refractivity contribution < 1.29 is 27.5 Å². The fourth-order valence-corrected chi connectivity index (χ4v) is 1.60. The molecule has 0 unspecified atom stereocenters. The van der Waals surface area contributed by atoms with Crippen LogP contribution < -0.4 is 0 Å². The van der Waals surface area contributed by atoms with Crippen molar-refractivity contribution in [3.8, 4) is 0 Å². The largest absolute Gasteiger partial charge is 0.471 e. The van der Waals surface area contributed by atoms with Crippen LogP contribution in [0.1, 0.15) is 18.9 Å². The summed E-state index contributed by atoms with van der Waals surface area (Å²) in [5, 5.41) is 0. The molecule has 1 aromatic heterocycles. The van der Waals surface area contributed by atoms with Gasteiger partial charge in [0, 0.05) is 25.5 Å². The number of alkyl halides is 3. The Morgan fingerprint density at radius 1 is 1.38 bits per heavy atom. The van der Waals surface area contributed by atoms with E-state index in [0.29, 0.717) is 10.5 Å². The molecule has 116 valence electrons. The average Bonchev–Trinajstić information content (AvgIpc) is 2.43. The summed E-state index contributed by atoms with van der Waals surface area (Å²) >= 11 is 0. The summed E-state index contributed by atoms with van der Waals surface area (Å²) in [6, 6.07) is 3.10. The third kappa shape index (κ3) is 5.80. The van der Waals surface area contributed by atoms with E-state index in [1.807, 2.05) is 0 Å². The molecule has 0 N–H and O–H groups in total. The minimum Gasteiger partial charge on any atom is -0.466 e. The maximum atomic E-state index is 12.6. The van der Waals surface area contributed by atoms with Gasteiger partial charge >= 0.3 is 18.1 Å². The van der Waals surface area contributed by atoms with E-state index < -0.39 is 18.1 Å². The highest BCUT2D eigenvalue weighted by atomic mass is 19.4. The molecule has 1 amide bonds. The second-order valence-corrected chi connectivity index (χ2v) is 4.14. The van der Waals surface area contributed by atoms with Crippen molar-refractivity contribution in [2.24, 2.45) is 0 Å². The molecule has 0 bridgehead atoms. The topological polar surface area (TPSA) is 59.5 Å². The highest BCUT2D eigenvalue weighted by Crippen LogP contribution is 2.20. The summed E-state index contributed by atoms with van der Waals surface area (Å²) in [5.74, 6) is -2.64. The van der Waals surface area contributed by atoms with E-state index in [-0.39, 0.29) is 26.1 Å². The van der Waals surface area contributed by atoms with Gasteiger partial charge in [-0.3, -0.25) is 14.6 Å². The smallest absolute Gasteiger partial charge is 0.466 e. The summed E-state index contributed by atoms with van der Waals surface area (Å²) in [6.07, 6.45) is -2.45. The second kappa shape index (κ2) is 7.61. The van der Waals surface area contributed by atoms with Crippen LogP contribution in [0.3, 0.4) is 0 Å². The molecule has 1 heterocycles. The first-order valence-electron chi connectivity index (χ1n) is 6.25. The lowest BCUT2D eigenvalue weighted by atomic mass is 10.2. The fraction of sp³-hybridized carbons (Fsp3) is 0.462. The SMILES string of the molecule is CCOC(=O)CCN(Cc1cccnc1)C(=O)C(F)(F)F. The van der Waals surface area contributed by atoms with Crippen LogP contribution in [0.5, 0.6) is 0 Å². The number of carbonyl (C=O) groups is 2. The van der Waals surface area contributed by atoms with Crippen LogP contribution >= 0.6 is 0 Å². The number of nitrogens with zero attached hydrogens (tertiary/aromatic N) is 2. The molecule has 0 fully saturated rings. The number of halogens is 3. The maximum Gasteiger partial charge on any atom is 0.471 e. The predicted octanol–water partition coefficient (Wildman–Crippen LogP) is 1.93. The zero-order valence-corrected chi connectivity index (χ0v) is 11.4. The fourth-order valence-electron chi connectivity index (χ4n) is 1.60. The average molecular weight is 304 g/mol. The van der Waals surface area contributed by atoms with Gasteiger partial charge in [-0.15, -0.1) is 0 Å². The van der Waals surface area contributed by atoms with E-state index in [4.69, 9.17) is 0 Å². The molecule has 0 saturated carbocycles. The number of aromatic nitrogens is 1. The lowest BCUT2D eigenvalue weighted by Crippen LogP contribution is -2.41. The molecule has 21 heavy (non-hydrogen) atoms. The Morgan fingerprint density at radius 2 is 2.10 bits per heavy atom. The van der Waals surface area contributed by atoms with E-state index in [0.717, 1.165) is 0 Å². The van der Waals surface area contributed by atoms with Crippen LogP contribution in [-0.4, -0.2) is 41.1 Å². The summed E-state index contributed by atoms with van der Waals surface area (Å²) in [4.78, 5) is 26.9. The lowest BCUT2D eigenvalue weighted by molar-refractivity contribution is -0.186. The van der Waals surface area contributed by atoms with Crippen LogP contribution in [-0.2, 0) is 20.9 Å². The molecule has 1 rings (SSSR count). The van der Waals surface area contributed by atoms with Crippen LogP contribution in [0.4, 0.5) is 13.2 Å². The third-order valence-electron chi connectivity index (χ3n) is 2.52. The van der Waals surface area contributed by atoms with Crippen molar-refractivity contribution in [1.29, 1.82) is 0 Å². The Hall–Kier alpha value is -2.12. The van der Waals surface area contributed by atoms with Crippen LogP contribution in [0, 0.1) is 0 Å². The Labute approximate surface area is 119 Å². The number of rotatable bonds is 6. The molecule has 8 heteroatoms. The van der Waals surface area contributed by atoms with Crippen molar-refractivity contribution in [3.63, 3.8) is 0 Å². The standard InChI is InChI=1S/C13H15F3N2O3/c1-2-21-11(19)5-7-18(12(20)13(14,15)16)9-10-4-3-6-17-8-10/h3-4,6,8H,2,5,7,9H2,1H3. The van der Waals surface area contributed by atoms with Crippen molar-refractivity contribution in [1.82, 2.24) is 9.88 Å². The normalized spacial score (nSPS) is 11.0. The molecule has 0 aliphatic heterocycles. The van der Waals surface area contributed by atoms with Gasteiger partial charge in [0.05, 0.1) is 13.0 Å². The van der Waals surface area contributed by atoms with Crippen molar-refractivity contribution in [2.75, 3.05) is 13.2 Å². The highest BCUT2D eigenvalue weighted by Gasteiger charge is 2.42. The number of amides is 1. The molecule has 0 aliphatic carbocycles. The Balaban J connectivity index is 2.75. The number of hydrogen-bond donors (Lipinski definition) is 0. The second-order valence-electron chi connectivity index (χ2n) is 4.14. The summed E-state index contributed by atoms with van der Waals surface area (Å²) in [6.45, 7) is 1.08. The van der Waals surface area contributed by atoms with Crippen molar-refractivity contribution in [2.45, 2.75) is 26.1 Å². The minimum absolute atomic E-state index is 0.134. The first-order valence-corrected chi connectivity index (χ1v) is 6.25. The van der Waals surface area contributed by atoms with Crippen LogP contribution in [0.2, 0.25) is 0 Å². The number of ether oxygens (including phenoxy) is 1. The first kappa shape index (κ1) is 16.9. The summed E-state index contributed by atoms with van der Waals surface area (Å²) in [5.41, 5.74) is 0.443. The zero-order chi connectivity index (χ0) is 15.9. The van der Waals surface area contributed by atoms with Gasteiger partial charge in [-0.1, -0.05) is 6.07 Å². The molecular weight excluding hydrogens is 289 g/mol. The maximum absolute atomic E-state index is 12.6. The molecule has 0 aliphatic rings. The Morgan fingerprint density at radius 3 is 2.62 bits per heavy atom. The molecule has 0 radical (unpaired) electrons. The molecule has 0 spiro atoms. The van der Waals surface area contributed by atoms with E-state index in [2.05, 4.69) is 9.72 Å². The Bertz CT molecular complexity index is 477. The molecular formula is C13H15F3N2O3. The van der Waals surface area contributed by atoms with Gasteiger partial charge in [-0.25, -0.2) is 0 Å².